The molecule has 17 heavy (non-hydrogen) atoms. The minimum Gasteiger partial charge on any atom is -0.0729 e. The summed E-state index contributed by atoms with van der Waals surface area (Å²) in [6, 6.07) is 0. The fraction of sp³-hybridized carbons (Fsp3) is 0.529. The maximum absolute atomic E-state index is 2.40. The van der Waals surface area contributed by atoms with E-state index in [2.05, 4.69) is 71.9 Å². The normalized spacial score (nSPS) is 24.1. The third kappa shape index (κ3) is 2.46. The first-order chi connectivity index (χ1) is 7.68. The van der Waals surface area contributed by atoms with Gasteiger partial charge in [-0.25, -0.2) is 0 Å². The predicted molar refractivity (Wildman–Crippen MR) is 75.8 cm³/mol. The van der Waals surface area contributed by atoms with Gasteiger partial charge in [0.2, 0.25) is 0 Å². The zero-order valence-corrected chi connectivity index (χ0v) is 12.0. The van der Waals surface area contributed by atoms with Gasteiger partial charge in [0.15, 0.2) is 0 Å². The van der Waals surface area contributed by atoms with Gasteiger partial charge < -0.3 is 0 Å². The van der Waals surface area contributed by atoms with E-state index in [0.29, 0.717) is 5.92 Å². The largest absolute Gasteiger partial charge is 0.0729 e. The van der Waals surface area contributed by atoms with Gasteiger partial charge in [0, 0.05) is 5.92 Å². The summed E-state index contributed by atoms with van der Waals surface area (Å²) in [5.74, 6) is 0.510. The smallest absolute Gasteiger partial charge is 0.0207 e. The number of hydrogen-bond donors (Lipinski definition) is 0. The Kier molecular flexibility index (Phi) is 2.72. The van der Waals surface area contributed by atoms with Crippen molar-refractivity contribution in [3.63, 3.8) is 0 Å². The standard InChI is InChI=1S/C17H24/c1-16(2,3)14-8-7-12-9-15(17(4,5)6)11-13(12)10-14/h7-12H,1-6H3. The Morgan fingerprint density at radius 3 is 1.94 bits per heavy atom. The number of fused-ring (bicyclic) bond motifs is 1. The molecule has 0 saturated carbocycles. The monoisotopic (exact) mass is 228 g/mol. The van der Waals surface area contributed by atoms with E-state index in [0.717, 1.165) is 0 Å². The van der Waals surface area contributed by atoms with Gasteiger partial charge in [-0.2, -0.15) is 0 Å². The average Bonchev–Trinajstić information content (AvgIpc) is 2.57. The summed E-state index contributed by atoms with van der Waals surface area (Å²) in [4.78, 5) is 0. The second-order valence-electron chi connectivity index (χ2n) is 7.25. The van der Waals surface area contributed by atoms with Crippen LogP contribution in [0.5, 0.6) is 0 Å². The molecule has 0 aromatic carbocycles. The van der Waals surface area contributed by atoms with Crippen LogP contribution in [0.3, 0.4) is 0 Å². The molecule has 0 aromatic heterocycles. The van der Waals surface area contributed by atoms with E-state index in [4.69, 9.17) is 0 Å². The van der Waals surface area contributed by atoms with Crippen LogP contribution in [-0.2, 0) is 0 Å². The molecule has 0 bridgehead atoms. The molecule has 0 heterocycles. The molecular weight excluding hydrogens is 204 g/mol. The third-order valence-electron chi connectivity index (χ3n) is 3.60. The molecule has 2 aliphatic carbocycles. The molecule has 2 aliphatic rings. The van der Waals surface area contributed by atoms with Crippen molar-refractivity contribution < 1.29 is 0 Å². The summed E-state index contributed by atoms with van der Waals surface area (Å²) in [5, 5.41) is 0. The molecule has 0 amide bonds. The highest BCUT2D eigenvalue weighted by Gasteiger charge is 2.27. The molecule has 0 nitrogen and oxygen atoms in total. The highest BCUT2D eigenvalue weighted by molar-refractivity contribution is 5.52. The van der Waals surface area contributed by atoms with Gasteiger partial charge in [-0.15, -0.1) is 0 Å². The van der Waals surface area contributed by atoms with Gasteiger partial charge in [-0.3, -0.25) is 0 Å². The first-order valence-electron chi connectivity index (χ1n) is 6.52. The number of rotatable bonds is 0. The zero-order valence-electron chi connectivity index (χ0n) is 12.0. The van der Waals surface area contributed by atoms with E-state index in [-0.39, 0.29) is 10.8 Å². The summed E-state index contributed by atoms with van der Waals surface area (Å²) >= 11 is 0. The molecule has 0 heteroatoms. The number of allylic oxidation sites excluding steroid dienone is 8. The van der Waals surface area contributed by atoms with Crippen LogP contribution in [0.4, 0.5) is 0 Å². The van der Waals surface area contributed by atoms with E-state index in [1.54, 1.807) is 0 Å². The maximum Gasteiger partial charge on any atom is 0.0207 e. The van der Waals surface area contributed by atoms with Crippen molar-refractivity contribution in [2.75, 3.05) is 0 Å². The minimum atomic E-state index is 0.243. The first kappa shape index (κ1) is 12.4. The second kappa shape index (κ2) is 3.73. The van der Waals surface area contributed by atoms with E-state index in [9.17, 15) is 0 Å². The average molecular weight is 228 g/mol. The fourth-order valence-electron chi connectivity index (χ4n) is 2.29. The summed E-state index contributed by atoms with van der Waals surface area (Å²) < 4.78 is 0. The van der Waals surface area contributed by atoms with Gasteiger partial charge in [0.25, 0.3) is 0 Å². The molecular formula is C17H24. The minimum absolute atomic E-state index is 0.243. The molecule has 1 atom stereocenters. The Balaban J connectivity index is 2.33. The van der Waals surface area contributed by atoms with Crippen LogP contribution < -0.4 is 0 Å². The van der Waals surface area contributed by atoms with Crippen molar-refractivity contribution in [1.29, 1.82) is 0 Å². The SMILES string of the molecule is CC(C)(C)C1=CC2=CC(C(C)(C)C)=CC2C=C1. The predicted octanol–water partition coefficient (Wildman–Crippen LogP) is 5.06. The lowest BCUT2D eigenvalue weighted by Crippen LogP contribution is -2.11. The summed E-state index contributed by atoms with van der Waals surface area (Å²) in [5.41, 5.74) is 4.86. The van der Waals surface area contributed by atoms with Crippen molar-refractivity contribution in [2.24, 2.45) is 16.7 Å². The topological polar surface area (TPSA) is 0 Å². The molecule has 0 N–H and O–H groups in total. The van der Waals surface area contributed by atoms with Crippen molar-refractivity contribution in [3.8, 4) is 0 Å². The van der Waals surface area contributed by atoms with Gasteiger partial charge >= 0.3 is 0 Å². The van der Waals surface area contributed by atoms with Crippen molar-refractivity contribution >= 4 is 0 Å². The van der Waals surface area contributed by atoms with Crippen molar-refractivity contribution in [2.45, 2.75) is 41.5 Å². The van der Waals surface area contributed by atoms with E-state index >= 15 is 0 Å². The van der Waals surface area contributed by atoms with Gasteiger partial charge in [-0.05, 0) is 27.5 Å². The van der Waals surface area contributed by atoms with E-state index in [1.807, 2.05) is 0 Å². The molecule has 2 rings (SSSR count). The molecule has 0 fully saturated rings. The first-order valence-corrected chi connectivity index (χ1v) is 6.52. The van der Waals surface area contributed by atoms with Gasteiger partial charge in [0.1, 0.15) is 0 Å². The fourth-order valence-corrected chi connectivity index (χ4v) is 2.29. The Labute approximate surface area is 106 Å². The maximum atomic E-state index is 2.40. The third-order valence-corrected chi connectivity index (χ3v) is 3.60. The molecule has 0 saturated heterocycles. The van der Waals surface area contributed by atoms with Crippen molar-refractivity contribution in [1.82, 2.24) is 0 Å². The van der Waals surface area contributed by atoms with Crippen LogP contribution >= 0.6 is 0 Å². The summed E-state index contributed by atoms with van der Waals surface area (Å²) in [6.45, 7) is 13.7. The van der Waals surface area contributed by atoms with Crippen LogP contribution in [0.15, 0.2) is 47.1 Å². The van der Waals surface area contributed by atoms with Crippen LogP contribution in [0, 0.1) is 16.7 Å². The van der Waals surface area contributed by atoms with Gasteiger partial charge in [-0.1, -0.05) is 71.9 Å². The van der Waals surface area contributed by atoms with E-state index < -0.39 is 0 Å². The van der Waals surface area contributed by atoms with Gasteiger partial charge in [0.05, 0.1) is 0 Å². The van der Waals surface area contributed by atoms with Crippen LogP contribution in [0.2, 0.25) is 0 Å². The second-order valence-corrected chi connectivity index (χ2v) is 7.25. The van der Waals surface area contributed by atoms with Crippen LogP contribution in [0.1, 0.15) is 41.5 Å². The quantitative estimate of drug-likeness (QED) is 0.544. The molecule has 0 radical (unpaired) electrons. The highest BCUT2D eigenvalue weighted by Crippen LogP contribution is 2.41. The molecule has 0 spiro atoms. The molecule has 0 aromatic rings. The Morgan fingerprint density at radius 1 is 0.824 bits per heavy atom. The Hall–Kier alpha value is -1.04. The lowest BCUT2D eigenvalue weighted by molar-refractivity contribution is 0.514. The molecule has 0 aliphatic heterocycles. The number of hydrogen-bond acceptors (Lipinski definition) is 0. The lowest BCUT2D eigenvalue weighted by Gasteiger charge is -2.24. The lowest BCUT2D eigenvalue weighted by atomic mass is 9.80. The molecule has 1 unspecified atom stereocenters. The summed E-state index contributed by atoms with van der Waals surface area (Å²) in [6.07, 6.45) is 11.8. The molecule has 92 valence electrons. The summed E-state index contributed by atoms with van der Waals surface area (Å²) in [7, 11) is 0. The van der Waals surface area contributed by atoms with Crippen molar-refractivity contribution in [3.05, 3.63) is 47.1 Å². The zero-order chi connectivity index (χ0) is 12.8. The van der Waals surface area contributed by atoms with Crippen LogP contribution in [-0.4, -0.2) is 0 Å². The Morgan fingerprint density at radius 2 is 1.41 bits per heavy atom. The highest BCUT2D eigenvalue weighted by atomic mass is 14.3. The Bertz CT molecular complexity index is 439. The van der Waals surface area contributed by atoms with E-state index in [1.165, 1.54) is 16.7 Å². The van der Waals surface area contributed by atoms with Crippen LogP contribution in [0.25, 0.3) is 0 Å².